The summed E-state index contributed by atoms with van der Waals surface area (Å²) in [6.45, 7) is 3.45. The van der Waals surface area contributed by atoms with Gasteiger partial charge in [-0.25, -0.2) is 4.39 Å². The maximum atomic E-state index is 13.2. The third-order valence-electron chi connectivity index (χ3n) is 3.37. The molecule has 6 heteroatoms. The predicted molar refractivity (Wildman–Crippen MR) is 88.5 cm³/mol. The van der Waals surface area contributed by atoms with Gasteiger partial charge in [-0.15, -0.1) is 11.3 Å². The normalized spacial score (nSPS) is 11.8. The molecule has 1 aromatic heterocycles. The zero-order chi connectivity index (χ0) is 16.8. The van der Waals surface area contributed by atoms with E-state index in [1.54, 1.807) is 19.1 Å². The van der Waals surface area contributed by atoms with Crippen molar-refractivity contribution in [1.82, 2.24) is 10.6 Å². The van der Waals surface area contributed by atoms with Gasteiger partial charge in [-0.2, -0.15) is 0 Å². The molecule has 0 saturated carbocycles. The van der Waals surface area contributed by atoms with E-state index in [0.29, 0.717) is 12.1 Å². The van der Waals surface area contributed by atoms with E-state index in [9.17, 15) is 14.0 Å². The smallest absolute Gasteiger partial charge is 0.222 e. The lowest BCUT2D eigenvalue weighted by Crippen LogP contribution is -2.32. The molecule has 0 fully saturated rings. The van der Waals surface area contributed by atoms with Gasteiger partial charge in [0, 0.05) is 18.3 Å². The van der Waals surface area contributed by atoms with Crippen LogP contribution in [-0.4, -0.2) is 11.8 Å². The molecule has 2 amide bonds. The lowest BCUT2D eigenvalue weighted by atomic mass is 10.1. The Morgan fingerprint density at radius 1 is 1.30 bits per heavy atom. The number of carbonyl (C=O) groups excluding carboxylic acids is 2. The molecule has 0 bridgehead atoms. The second-order valence-corrected chi connectivity index (χ2v) is 6.31. The summed E-state index contributed by atoms with van der Waals surface area (Å²) in [4.78, 5) is 24.4. The highest BCUT2D eigenvalue weighted by atomic mass is 32.1. The van der Waals surface area contributed by atoms with E-state index in [4.69, 9.17) is 0 Å². The summed E-state index contributed by atoms with van der Waals surface area (Å²) in [6.07, 6.45) is 0.167. The molecule has 2 rings (SSSR count). The van der Waals surface area contributed by atoms with Crippen molar-refractivity contribution in [1.29, 1.82) is 0 Å². The van der Waals surface area contributed by atoms with E-state index in [1.165, 1.54) is 24.3 Å². The summed E-state index contributed by atoms with van der Waals surface area (Å²) < 4.78 is 13.2. The molecule has 1 atom stereocenters. The van der Waals surface area contributed by atoms with Crippen LogP contribution in [0.3, 0.4) is 0 Å². The van der Waals surface area contributed by atoms with Gasteiger partial charge < -0.3 is 10.6 Å². The summed E-state index contributed by atoms with van der Waals surface area (Å²) in [5, 5.41) is 7.50. The van der Waals surface area contributed by atoms with Gasteiger partial charge in [0.05, 0.1) is 12.5 Å². The van der Waals surface area contributed by atoms with E-state index in [1.807, 2.05) is 17.5 Å². The Labute approximate surface area is 138 Å². The number of rotatable bonds is 6. The number of aryl methyl sites for hydroxylation is 1. The molecule has 2 aromatic rings. The van der Waals surface area contributed by atoms with E-state index >= 15 is 0 Å². The maximum absolute atomic E-state index is 13.2. The molecular weight excluding hydrogens is 315 g/mol. The van der Waals surface area contributed by atoms with Crippen LogP contribution in [0, 0.1) is 12.7 Å². The van der Waals surface area contributed by atoms with Gasteiger partial charge in [-0.1, -0.05) is 18.2 Å². The first-order chi connectivity index (χ1) is 11.0. The third-order valence-corrected chi connectivity index (χ3v) is 4.35. The molecule has 0 saturated heterocycles. The Kier molecular flexibility index (Phi) is 5.87. The molecule has 23 heavy (non-hydrogen) atoms. The van der Waals surface area contributed by atoms with Crippen LogP contribution >= 0.6 is 11.3 Å². The van der Waals surface area contributed by atoms with Crippen molar-refractivity contribution in [3.8, 4) is 0 Å². The van der Waals surface area contributed by atoms with E-state index < -0.39 is 0 Å². The minimum Gasteiger partial charge on any atom is -0.352 e. The maximum Gasteiger partial charge on any atom is 0.222 e. The second-order valence-electron chi connectivity index (χ2n) is 5.33. The van der Waals surface area contributed by atoms with Crippen molar-refractivity contribution in [3.05, 3.63) is 57.5 Å². The van der Waals surface area contributed by atoms with Gasteiger partial charge in [0.1, 0.15) is 5.82 Å². The number of thiophene rings is 1. The number of nitrogens with one attached hydrogen (secondary N) is 2. The third kappa shape index (κ3) is 5.17. The summed E-state index contributed by atoms with van der Waals surface area (Å²) in [7, 11) is 0. The highest BCUT2D eigenvalue weighted by Gasteiger charge is 2.17. The van der Waals surface area contributed by atoms with Crippen LogP contribution in [0.15, 0.2) is 35.7 Å². The van der Waals surface area contributed by atoms with Gasteiger partial charge in [0.2, 0.25) is 11.8 Å². The lowest BCUT2D eigenvalue weighted by Gasteiger charge is -2.16. The van der Waals surface area contributed by atoms with Gasteiger partial charge in [-0.3, -0.25) is 9.59 Å². The molecule has 1 aromatic carbocycles. The molecule has 4 nitrogen and oxygen atoms in total. The van der Waals surface area contributed by atoms with Crippen molar-refractivity contribution in [3.63, 3.8) is 0 Å². The molecule has 1 heterocycles. The Bertz CT molecular complexity index is 686. The monoisotopic (exact) mass is 334 g/mol. The number of amides is 2. The molecule has 122 valence electrons. The van der Waals surface area contributed by atoms with Gasteiger partial charge in [0.15, 0.2) is 0 Å². The summed E-state index contributed by atoms with van der Waals surface area (Å²) in [6, 6.07) is 8.19. The average Bonchev–Trinajstić information content (AvgIpc) is 3.01. The SMILES string of the molecule is CC(=O)N[C@H](CC(=O)NCc1ccc(F)c(C)c1)c1cccs1. The number of hydrogen-bond donors (Lipinski definition) is 2. The van der Waals surface area contributed by atoms with Crippen LogP contribution in [0.1, 0.15) is 35.4 Å². The van der Waals surface area contributed by atoms with Gasteiger partial charge >= 0.3 is 0 Å². The lowest BCUT2D eigenvalue weighted by molar-refractivity contribution is -0.122. The van der Waals surface area contributed by atoms with E-state index in [0.717, 1.165) is 10.4 Å². The molecule has 0 aliphatic rings. The fraction of sp³-hybridized carbons (Fsp3) is 0.294. The van der Waals surface area contributed by atoms with Crippen LogP contribution in [0.5, 0.6) is 0 Å². The van der Waals surface area contributed by atoms with Crippen LogP contribution in [0.2, 0.25) is 0 Å². The highest BCUT2D eigenvalue weighted by molar-refractivity contribution is 7.10. The van der Waals surface area contributed by atoms with E-state index in [2.05, 4.69) is 10.6 Å². The predicted octanol–water partition coefficient (Wildman–Crippen LogP) is 3.08. The van der Waals surface area contributed by atoms with Crippen molar-refractivity contribution in [2.45, 2.75) is 32.9 Å². The highest BCUT2D eigenvalue weighted by Crippen LogP contribution is 2.22. The standard InChI is InChI=1S/C17H19FN2O2S/c1-11-8-13(5-6-14(11)18)10-19-17(22)9-15(20-12(2)21)16-4-3-7-23-16/h3-8,15H,9-10H2,1-2H3,(H,19,22)(H,20,21)/t15-/m1/s1. The Morgan fingerprint density at radius 3 is 2.70 bits per heavy atom. The Morgan fingerprint density at radius 2 is 2.09 bits per heavy atom. The quantitative estimate of drug-likeness (QED) is 0.853. The van der Waals surface area contributed by atoms with E-state index in [-0.39, 0.29) is 30.1 Å². The first-order valence-electron chi connectivity index (χ1n) is 7.28. The molecule has 2 N–H and O–H groups in total. The van der Waals surface area contributed by atoms with Crippen molar-refractivity contribution >= 4 is 23.2 Å². The molecule has 0 spiro atoms. The van der Waals surface area contributed by atoms with Crippen molar-refractivity contribution < 1.29 is 14.0 Å². The number of hydrogen-bond acceptors (Lipinski definition) is 3. The van der Waals surface area contributed by atoms with Crippen LogP contribution in [0.25, 0.3) is 0 Å². The first-order valence-corrected chi connectivity index (χ1v) is 8.16. The Hall–Kier alpha value is -2.21. The van der Waals surface area contributed by atoms with Crippen LogP contribution in [-0.2, 0) is 16.1 Å². The minimum atomic E-state index is -0.331. The van der Waals surface area contributed by atoms with Gasteiger partial charge in [0.25, 0.3) is 0 Å². The van der Waals surface area contributed by atoms with Gasteiger partial charge in [-0.05, 0) is 35.6 Å². The zero-order valence-corrected chi connectivity index (χ0v) is 13.9. The fourth-order valence-electron chi connectivity index (χ4n) is 2.23. The van der Waals surface area contributed by atoms with Crippen LogP contribution < -0.4 is 10.6 Å². The summed E-state index contributed by atoms with van der Waals surface area (Å²) in [5.41, 5.74) is 1.39. The molecule has 0 unspecified atom stereocenters. The summed E-state index contributed by atoms with van der Waals surface area (Å²) >= 11 is 1.50. The molecular formula is C17H19FN2O2S. The average molecular weight is 334 g/mol. The second kappa shape index (κ2) is 7.87. The number of benzene rings is 1. The largest absolute Gasteiger partial charge is 0.352 e. The molecule has 0 aliphatic heterocycles. The molecule has 0 aliphatic carbocycles. The first kappa shape index (κ1) is 17.1. The zero-order valence-electron chi connectivity index (χ0n) is 13.1. The number of halogens is 1. The minimum absolute atomic E-state index is 0.167. The van der Waals surface area contributed by atoms with Crippen LogP contribution in [0.4, 0.5) is 4.39 Å². The fourth-order valence-corrected chi connectivity index (χ4v) is 3.01. The summed E-state index contributed by atoms with van der Waals surface area (Å²) in [5.74, 6) is -0.604. The number of carbonyl (C=O) groups is 2. The molecule has 0 radical (unpaired) electrons. The van der Waals surface area contributed by atoms with Crippen molar-refractivity contribution in [2.75, 3.05) is 0 Å². The van der Waals surface area contributed by atoms with Crippen molar-refractivity contribution in [2.24, 2.45) is 0 Å². The topological polar surface area (TPSA) is 58.2 Å². The Balaban J connectivity index is 1.93.